The van der Waals surface area contributed by atoms with Crippen molar-refractivity contribution in [1.29, 1.82) is 0 Å². The number of hydrogen-bond donors (Lipinski definition) is 4. The molecule has 5 unspecified atom stereocenters. The van der Waals surface area contributed by atoms with E-state index >= 15 is 0 Å². The highest BCUT2D eigenvalue weighted by Crippen LogP contribution is 2.27. The summed E-state index contributed by atoms with van der Waals surface area (Å²) in [5, 5.41) is 50.7. The molecular weight excluding hydrogens is 344 g/mol. The molecule has 26 heavy (non-hydrogen) atoms. The van der Waals surface area contributed by atoms with Gasteiger partial charge in [-0.15, -0.1) is 15.0 Å². The Balaban J connectivity index is 1.59. The van der Waals surface area contributed by atoms with Crippen molar-refractivity contribution in [3.8, 4) is 5.75 Å². The summed E-state index contributed by atoms with van der Waals surface area (Å²) in [7, 11) is 0. The minimum atomic E-state index is -1.50. The van der Waals surface area contributed by atoms with Gasteiger partial charge in [0.15, 0.2) is 12.1 Å². The van der Waals surface area contributed by atoms with Crippen LogP contribution in [0.15, 0.2) is 24.3 Å². The summed E-state index contributed by atoms with van der Waals surface area (Å²) in [6.45, 7) is 1.81. The van der Waals surface area contributed by atoms with Crippen molar-refractivity contribution in [2.75, 3.05) is 13.2 Å². The van der Waals surface area contributed by atoms with Crippen LogP contribution in [0.4, 0.5) is 0 Å². The van der Waals surface area contributed by atoms with E-state index in [1.165, 1.54) is 0 Å². The predicted octanol–water partition coefficient (Wildman–Crippen LogP) is -1.42. The first-order valence-corrected chi connectivity index (χ1v) is 8.28. The third kappa shape index (κ3) is 4.00. The SMILES string of the molecule is Cc1ccc(OCCc2nnn(C3OC(CO)C(O)C(O)C3O)n2)cc1. The molecule has 1 aromatic heterocycles. The second-order valence-electron chi connectivity index (χ2n) is 6.16. The molecule has 0 saturated carbocycles. The first-order chi connectivity index (χ1) is 12.5. The number of hydrogen-bond acceptors (Lipinski definition) is 9. The molecule has 10 heteroatoms. The minimum absolute atomic E-state index is 0.337. The van der Waals surface area contributed by atoms with Gasteiger partial charge in [-0.3, -0.25) is 0 Å². The zero-order valence-electron chi connectivity index (χ0n) is 14.2. The van der Waals surface area contributed by atoms with Gasteiger partial charge < -0.3 is 29.9 Å². The Morgan fingerprint density at radius 3 is 2.54 bits per heavy atom. The fraction of sp³-hybridized carbons (Fsp3) is 0.562. The van der Waals surface area contributed by atoms with Crippen LogP contribution < -0.4 is 4.74 Å². The minimum Gasteiger partial charge on any atom is -0.493 e. The van der Waals surface area contributed by atoms with Crippen molar-refractivity contribution >= 4 is 0 Å². The van der Waals surface area contributed by atoms with Crippen LogP contribution in [0.3, 0.4) is 0 Å². The predicted molar refractivity (Wildman–Crippen MR) is 87.2 cm³/mol. The van der Waals surface area contributed by atoms with Gasteiger partial charge in [-0.1, -0.05) is 17.7 Å². The fourth-order valence-corrected chi connectivity index (χ4v) is 2.63. The lowest BCUT2D eigenvalue weighted by Gasteiger charge is -2.38. The number of rotatable bonds is 6. The molecule has 0 spiro atoms. The maximum atomic E-state index is 10.1. The summed E-state index contributed by atoms with van der Waals surface area (Å²) < 4.78 is 11.0. The number of aryl methyl sites for hydroxylation is 1. The number of aliphatic hydroxyl groups is 4. The van der Waals surface area contributed by atoms with Gasteiger partial charge in [-0.25, -0.2) is 0 Å². The van der Waals surface area contributed by atoms with Gasteiger partial charge in [0.1, 0.15) is 30.2 Å². The molecule has 10 nitrogen and oxygen atoms in total. The summed E-state index contributed by atoms with van der Waals surface area (Å²) >= 11 is 0. The van der Waals surface area contributed by atoms with Gasteiger partial charge in [0.2, 0.25) is 0 Å². The van der Waals surface area contributed by atoms with Gasteiger partial charge in [0, 0.05) is 6.42 Å². The van der Waals surface area contributed by atoms with Crippen molar-refractivity contribution in [2.45, 2.75) is 44.0 Å². The summed E-state index contributed by atoms with van der Waals surface area (Å²) in [5.74, 6) is 1.10. The summed E-state index contributed by atoms with van der Waals surface area (Å²) in [5.41, 5.74) is 1.14. The Morgan fingerprint density at radius 1 is 1.12 bits per heavy atom. The van der Waals surface area contributed by atoms with Crippen LogP contribution in [0.1, 0.15) is 17.6 Å². The molecule has 1 aliphatic rings. The third-order valence-electron chi connectivity index (χ3n) is 4.18. The van der Waals surface area contributed by atoms with Crippen LogP contribution in [0.5, 0.6) is 5.75 Å². The number of ether oxygens (including phenoxy) is 2. The van der Waals surface area contributed by atoms with E-state index in [1.807, 2.05) is 31.2 Å². The zero-order chi connectivity index (χ0) is 18.7. The fourth-order valence-electron chi connectivity index (χ4n) is 2.63. The number of tetrazole rings is 1. The second kappa shape index (κ2) is 8.06. The Hall–Kier alpha value is -2.11. The molecule has 2 heterocycles. The number of nitrogens with zero attached hydrogens (tertiary/aromatic N) is 4. The van der Waals surface area contributed by atoms with Crippen LogP contribution in [0, 0.1) is 6.92 Å². The quantitative estimate of drug-likeness (QED) is 0.484. The van der Waals surface area contributed by atoms with Gasteiger partial charge in [-0.05, 0) is 24.3 Å². The molecule has 4 N–H and O–H groups in total. The van der Waals surface area contributed by atoms with E-state index < -0.39 is 37.3 Å². The smallest absolute Gasteiger partial charge is 0.199 e. The van der Waals surface area contributed by atoms with E-state index in [-0.39, 0.29) is 0 Å². The molecule has 1 aliphatic heterocycles. The average Bonchev–Trinajstić information content (AvgIpc) is 3.10. The van der Waals surface area contributed by atoms with Crippen LogP contribution in [-0.2, 0) is 11.2 Å². The molecule has 0 amide bonds. The van der Waals surface area contributed by atoms with Gasteiger partial charge in [-0.2, -0.15) is 0 Å². The van der Waals surface area contributed by atoms with Crippen molar-refractivity contribution in [3.05, 3.63) is 35.7 Å². The highest BCUT2D eigenvalue weighted by atomic mass is 16.6. The van der Waals surface area contributed by atoms with E-state index in [1.54, 1.807) is 0 Å². The van der Waals surface area contributed by atoms with E-state index in [0.29, 0.717) is 18.9 Å². The monoisotopic (exact) mass is 366 g/mol. The molecule has 3 rings (SSSR count). The highest BCUT2D eigenvalue weighted by molar-refractivity contribution is 5.26. The van der Waals surface area contributed by atoms with Crippen molar-refractivity contribution in [1.82, 2.24) is 20.2 Å². The average molecular weight is 366 g/mol. The zero-order valence-corrected chi connectivity index (χ0v) is 14.2. The van der Waals surface area contributed by atoms with Gasteiger partial charge >= 0.3 is 0 Å². The maximum absolute atomic E-state index is 10.1. The molecule has 1 aromatic carbocycles. The molecule has 1 fully saturated rings. The van der Waals surface area contributed by atoms with Gasteiger partial charge in [0.25, 0.3) is 0 Å². The Morgan fingerprint density at radius 2 is 1.85 bits per heavy atom. The van der Waals surface area contributed by atoms with Crippen molar-refractivity contribution in [3.63, 3.8) is 0 Å². The molecular formula is C16H22N4O6. The summed E-state index contributed by atoms with van der Waals surface area (Å²) in [6.07, 6.45) is -6.20. The van der Waals surface area contributed by atoms with Crippen LogP contribution in [0.2, 0.25) is 0 Å². The largest absolute Gasteiger partial charge is 0.493 e. The maximum Gasteiger partial charge on any atom is 0.199 e. The highest BCUT2D eigenvalue weighted by Gasteiger charge is 2.45. The van der Waals surface area contributed by atoms with E-state index in [9.17, 15) is 20.4 Å². The number of benzene rings is 1. The summed E-state index contributed by atoms with van der Waals surface area (Å²) in [6, 6.07) is 7.63. The normalized spacial score (nSPS) is 28.9. The molecule has 5 atom stereocenters. The number of aliphatic hydroxyl groups excluding tert-OH is 4. The topological polar surface area (TPSA) is 143 Å². The molecule has 0 bridgehead atoms. The van der Waals surface area contributed by atoms with Gasteiger partial charge in [0.05, 0.1) is 13.2 Å². The third-order valence-corrected chi connectivity index (χ3v) is 4.18. The van der Waals surface area contributed by atoms with Crippen LogP contribution in [-0.4, -0.2) is 78.3 Å². The van der Waals surface area contributed by atoms with E-state index in [2.05, 4.69) is 15.4 Å². The van der Waals surface area contributed by atoms with E-state index in [0.717, 1.165) is 16.1 Å². The molecule has 0 radical (unpaired) electrons. The molecule has 142 valence electrons. The van der Waals surface area contributed by atoms with Crippen LogP contribution >= 0.6 is 0 Å². The molecule has 0 aliphatic carbocycles. The summed E-state index contributed by atoms with van der Waals surface area (Å²) in [4.78, 5) is 1.02. The van der Waals surface area contributed by atoms with Crippen molar-refractivity contribution < 1.29 is 29.9 Å². The Bertz CT molecular complexity index is 707. The molecule has 1 saturated heterocycles. The Kier molecular flexibility index (Phi) is 5.79. The lowest BCUT2D eigenvalue weighted by molar-refractivity contribution is -0.257. The number of aromatic nitrogens is 4. The second-order valence-corrected chi connectivity index (χ2v) is 6.16. The lowest BCUT2D eigenvalue weighted by atomic mass is 9.99. The molecule has 2 aromatic rings. The first-order valence-electron chi connectivity index (χ1n) is 8.28. The Labute approximate surface area is 149 Å². The lowest BCUT2D eigenvalue weighted by Crippen LogP contribution is -2.56. The standard InChI is InChI=1S/C16H22N4O6/c1-9-2-4-10(5-3-9)25-7-6-12-17-19-20(18-12)16-15(24)14(23)13(22)11(8-21)26-16/h2-5,11,13-16,21-24H,6-8H2,1H3. The van der Waals surface area contributed by atoms with Crippen LogP contribution in [0.25, 0.3) is 0 Å². The first kappa shape index (κ1) is 18.7. The van der Waals surface area contributed by atoms with Crippen molar-refractivity contribution in [2.24, 2.45) is 0 Å². The van der Waals surface area contributed by atoms with E-state index in [4.69, 9.17) is 9.47 Å².